The molecule has 0 saturated carbocycles. The third kappa shape index (κ3) is 4.04. The first-order valence-corrected chi connectivity index (χ1v) is 11.9. The Kier molecular flexibility index (Phi) is 5.48. The van der Waals surface area contributed by atoms with Gasteiger partial charge in [0.2, 0.25) is 0 Å². The highest BCUT2D eigenvalue weighted by molar-refractivity contribution is 7.96. The molecule has 0 bridgehead atoms. The number of anilines is 1. The van der Waals surface area contributed by atoms with Crippen molar-refractivity contribution in [2.24, 2.45) is 0 Å². The Bertz CT molecular complexity index is 1200. The molecular weight excluding hydrogens is 424 g/mol. The van der Waals surface area contributed by atoms with Crippen LogP contribution in [0, 0.1) is 11.3 Å². The molecule has 1 fully saturated rings. The molecule has 1 amide bonds. The van der Waals surface area contributed by atoms with Crippen LogP contribution in [0.25, 0.3) is 0 Å². The molecule has 0 aliphatic carbocycles. The van der Waals surface area contributed by atoms with Gasteiger partial charge in [0.1, 0.15) is 6.07 Å². The van der Waals surface area contributed by atoms with Gasteiger partial charge in [-0.1, -0.05) is 23.7 Å². The van der Waals surface area contributed by atoms with Crippen LogP contribution in [0.5, 0.6) is 0 Å². The van der Waals surface area contributed by atoms with Crippen LogP contribution >= 0.6 is 11.6 Å². The number of nitrogens with zero attached hydrogens (tertiary/aromatic N) is 1. The maximum atomic E-state index is 12.8. The average molecular weight is 439 g/mol. The number of carbonyl (C=O) groups is 1. The van der Waals surface area contributed by atoms with Gasteiger partial charge in [-0.3, -0.25) is 4.79 Å². The molecule has 10 heteroatoms. The van der Waals surface area contributed by atoms with Crippen LogP contribution < -0.4 is 5.32 Å². The highest BCUT2D eigenvalue weighted by Gasteiger charge is 2.38. The van der Waals surface area contributed by atoms with Crippen molar-refractivity contribution in [2.75, 3.05) is 16.8 Å². The number of rotatable bonds is 4. The SMILES string of the molecule is N#Cc1ccccc1NC(=O)c1cc(S(=O)(=O)C2CCS(=O)(=O)C2)ccc1Cl. The molecule has 1 saturated heterocycles. The van der Waals surface area contributed by atoms with Crippen LogP contribution in [-0.2, 0) is 19.7 Å². The van der Waals surface area contributed by atoms with E-state index in [-0.39, 0.29) is 38.9 Å². The number of hydrogen-bond acceptors (Lipinski definition) is 6. The lowest BCUT2D eigenvalue weighted by atomic mass is 10.1. The van der Waals surface area contributed by atoms with Gasteiger partial charge in [0, 0.05) is 0 Å². The number of benzene rings is 2. The second kappa shape index (κ2) is 7.54. The summed E-state index contributed by atoms with van der Waals surface area (Å²) in [5.41, 5.74) is 0.421. The summed E-state index contributed by atoms with van der Waals surface area (Å²) < 4.78 is 48.8. The zero-order chi connectivity index (χ0) is 20.5. The van der Waals surface area contributed by atoms with Crippen LogP contribution in [0.3, 0.4) is 0 Å². The van der Waals surface area contributed by atoms with E-state index in [2.05, 4.69) is 5.32 Å². The van der Waals surface area contributed by atoms with Crippen molar-refractivity contribution in [3.8, 4) is 6.07 Å². The lowest BCUT2D eigenvalue weighted by Crippen LogP contribution is -2.23. The first-order chi connectivity index (χ1) is 13.1. The molecule has 1 atom stereocenters. The Morgan fingerprint density at radius 3 is 2.57 bits per heavy atom. The molecule has 1 heterocycles. The number of carbonyl (C=O) groups excluding carboxylic acids is 1. The molecule has 28 heavy (non-hydrogen) atoms. The van der Waals surface area contributed by atoms with Crippen LogP contribution in [0.15, 0.2) is 47.4 Å². The van der Waals surface area contributed by atoms with Gasteiger partial charge in [-0.15, -0.1) is 0 Å². The number of hydrogen-bond donors (Lipinski definition) is 1. The number of sulfone groups is 2. The maximum Gasteiger partial charge on any atom is 0.257 e. The average Bonchev–Trinajstić information content (AvgIpc) is 3.03. The minimum atomic E-state index is -3.94. The van der Waals surface area contributed by atoms with Gasteiger partial charge in [-0.05, 0) is 36.8 Å². The Balaban J connectivity index is 1.94. The lowest BCUT2D eigenvalue weighted by molar-refractivity contribution is 0.102. The standard InChI is InChI=1S/C18H15ClN2O5S2/c19-16-6-5-13(28(25,26)14-7-8-27(23,24)11-14)9-15(16)18(22)21-17-4-2-1-3-12(17)10-20/h1-6,9,14H,7-8,11H2,(H,21,22). The van der Waals surface area contributed by atoms with Crippen molar-refractivity contribution in [3.63, 3.8) is 0 Å². The summed E-state index contributed by atoms with van der Waals surface area (Å²) >= 11 is 6.07. The zero-order valence-corrected chi connectivity index (χ0v) is 16.8. The summed E-state index contributed by atoms with van der Waals surface area (Å²) in [6.45, 7) is 0. The maximum absolute atomic E-state index is 12.8. The molecular formula is C18H15ClN2O5S2. The van der Waals surface area contributed by atoms with Gasteiger partial charge in [0.15, 0.2) is 19.7 Å². The van der Waals surface area contributed by atoms with E-state index >= 15 is 0 Å². The topological polar surface area (TPSA) is 121 Å². The Labute approximate surface area is 167 Å². The van der Waals surface area contributed by atoms with Crippen molar-refractivity contribution in [1.29, 1.82) is 5.26 Å². The summed E-state index contributed by atoms with van der Waals surface area (Å²) in [6.07, 6.45) is 0.0182. The van der Waals surface area contributed by atoms with E-state index in [4.69, 9.17) is 16.9 Å². The van der Waals surface area contributed by atoms with Crippen LogP contribution in [-0.4, -0.2) is 39.5 Å². The molecule has 2 aromatic rings. The quantitative estimate of drug-likeness (QED) is 0.782. The minimum Gasteiger partial charge on any atom is -0.321 e. The van der Waals surface area contributed by atoms with E-state index < -0.39 is 36.6 Å². The van der Waals surface area contributed by atoms with E-state index in [1.54, 1.807) is 12.1 Å². The first-order valence-electron chi connectivity index (χ1n) is 8.18. The van der Waals surface area contributed by atoms with Crippen LogP contribution in [0.1, 0.15) is 22.3 Å². The van der Waals surface area contributed by atoms with Crippen LogP contribution in [0.2, 0.25) is 5.02 Å². The van der Waals surface area contributed by atoms with Crippen molar-refractivity contribution in [3.05, 3.63) is 58.6 Å². The molecule has 1 unspecified atom stereocenters. The smallest absolute Gasteiger partial charge is 0.257 e. The number of nitriles is 1. The Hall–Kier alpha value is -2.41. The summed E-state index contributed by atoms with van der Waals surface area (Å²) in [6, 6.07) is 12.0. The van der Waals surface area contributed by atoms with E-state index in [1.807, 2.05) is 6.07 Å². The summed E-state index contributed by atoms with van der Waals surface area (Å²) in [4.78, 5) is 12.4. The summed E-state index contributed by atoms with van der Waals surface area (Å²) in [7, 11) is -7.32. The minimum absolute atomic E-state index is 0.0182. The van der Waals surface area contributed by atoms with Gasteiger partial charge in [0.05, 0.1) is 43.5 Å². The molecule has 2 aromatic carbocycles. The third-order valence-electron chi connectivity index (χ3n) is 4.44. The summed E-state index contributed by atoms with van der Waals surface area (Å²) in [5.74, 6) is -1.29. The molecule has 0 radical (unpaired) electrons. The van der Waals surface area contributed by atoms with E-state index in [1.165, 1.54) is 24.3 Å². The predicted molar refractivity (Wildman–Crippen MR) is 105 cm³/mol. The van der Waals surface area contributed by atoms with Gasteiger partial charge in [0.25, 0.3) is 5.91 Å². The van der Waals surface area contributed by atoms with Crippen molar-refractivity contribution >= 4 is 42.9 Å². The molecule has 3 rings (SSSR count). The molecule has 1 aliphatic rings. The first kappa shape index (κ1) is 20.3. The fraction of sp³-hybridized carbons (Fsp3) is 0.222. The molecule has 1 N–H and O–H groups in total. The lowest BCUT2D eigenvalue weighted by Gasteiger charge is -2.13. The van der Waals surface area contributed by atoms with Crippen molar-refractivity contribution in [1.82, 2.24) is 0 Å². The number of halogens is 1. The van der Waals surface area contributed by atoms with Gasteiger partial charge in [-0.25, -0.2) is 16.8 Å². The zero-order valence-electron chi connectivity index (χ0n) is 14.4. The monoisotopic (exact) mass is 438 g/mol. The predicted octanol–water partition coefficient (Wildman–Crippen LogP) is 2.42. The normalized spacial score (nSPS) is 18.4. The molecule has 146 valence electrons. The summed E-state index contributed by atoms with van der Waals surface area (Å²) in [5, 5.41) is 10.6. The molecule has 1 aliphatic heterocycles. The van der Waals surface area contributed by atoms with Crippen molar-refractivity contribution < 1.29 is 21.6 Å². The van der Waals surface area contributed by atoms with Crippen molar-refractivity contribution in [2.45, 2.75) is 16.6 Å². The second-order valence-corrected chi connectivity index (χ2v) is 11.2. The van der Waals surface area contributed by atoms with E-state index in [0.29, 0.717) is 0 Å². The molecule has 0 spiro atoms. The Morgan fingerprint density at radius 1 is 1.21 bits per heavy atom. The van der Waals surface area contributed by atoms with Gasteiger partial charge in [-0.2, -0.15) is 5.26 Å². The molecule has 7 nitrogen and oxygen atoms in total. The fourth-order valence-electron chi connectivity index (χ4n) is 2.93. The van der Waals surface area contributed by atoms with Gasteiger partial charge >= 0.3 is 0 Å². The number of amides is 1. The van der Waals surface area contributed by atoms with Crippen LogP contribution in [0.4, 0.5) is 5.69 Å². The second-order valence-electron chi connectivity index (χ2n) is 6.32. The largest absolute Gasteiger partial charge is 0.321 e. The fourth-order valence-corrected chi connectivity index (χ4v) is 7.52. The Morgan fingerprint density at radius 2 is 1.93 bits per heavy atom. The number of nitrogens with one attached hydrogen (secondary N) is 1. The third-order valence-corrected chi connectivity index (χ3v) is 8.94. The van der Waals surface area contributed by atoms with Gasteiger partial charge < -0.3 is 5.32 Å². The number of para-hydroxylation sites is 1. The highest BCUT2D eigenvalue weighted by Crippen LogP contribution is 2.28. The van der Waals surface area contributed by atoms with E-state index in [9.17, 15) is 21.6 Å². The highest BCUT2D eigenvalue weighted by atomic mass is 35.5. The van der Waals surface area contributed by atoms with E-state index in [0.717, 1.165) is 6.07 Å². The molecule has 0 aromatic heterocycles.